The van der Waals surface area contributed by atoms with Gasteiger partial charge < -0.3 is 5.73 Å². The molecule has 4 nitrogen and oxygen atoms in total. The number of benzene rings is 1. The van der Waals surface area contributed by atoms with Crippen LogP contribution in [0, 0.1) is 5.82 Å². The van der Waals surface area contributed by atoms with E-state index in [1.165, 1.54) is 35.6 Å². The summed E-state index contributed by atoms with van der Waals surface area (Å²) in [4.78, 5) is 0.780. The van der Waals surface area contributed by atoms with E-state index in [1.807, 2.05) is 0 Å². The van der Waals surface area contributed by atoms with E-state index in [0.717, 1.165) is 4.88 Å². The molecule has 1 aromatic carbocycles. The maximum atomic E-state index is 13.5. The summed E-state index contributed by atoms with van der Waals surface area (Å²) in [7, 11) is -3.84. The average molecular weight is 365 g/mol. The molecule has 1 aromatic heterocycles. The molecular weight excluding hydrogens is 355 g/mol. The van der Waals surface area contributed by atoms with Crippen molar-refractivity contribution >= 4 is 43.0 Å². The van der Waals surface area contributed by atoms with Crippen LogP contribution >= 0.6 is 27.3 Å². The third kappa shape index (κ3) is 3.14. The maximum Gasteiger partial charge on any atom is 0.263 e. The summed E-state index contributed by atoms with van der Waals surface area (Å²) >= 11 is 4.41. The topological polar surface area (TPSA) is 72.2 Å². The van der Waals surface area contributed by atoms with Crippen LogP contribution in [0.1, 0.15) is 4.88 Å². The van der Waals surface area contributed by atoms with Crippen LogP contribution in [0.15, 0.2) is 39.0 Å². The van der Waals surface area contributed by atoms with E-state index in [4.69, 9.17) is 5.73 Å². The molecule has 0 atom stereocenters. The lowest BCUT2D eigenvalue weighted by Crippen LogP contribution is -2.13. The zero-order chi connectivity index (χ0) is 14.0. The van der Waals surface area contributed by atoms with E-state index < -0.39 is 15.8 Å². The van der Waals surface area contributed by atoms with Crippen molar-refractivity contribution in [1.82, 2.24) is 0 Å². The van der Waals surface area contributed by atoms with Gasteiger partial charge in [-0.2, -0.15) is 0 Å². The first-order valence-corrected chi connectivity index (χ1v) is 8.29. The van der Waals surface area contributed by atoms with Crippen molar-refractivity contribution < 1.29 is 12.8 Å². The molecule has 8 heteroatoms. The summed E-state index contributed by atoms with van der Waals surface area (Å²) in [6.45, 7) is 0.248. The summed E-state index contributed by atoms with van der Waals surface area (Å²) in [6, 6.07) is 7.05. The monoisotopic (exact) mass is 364 g/mol. The molecule has 1 heterocycles. The van der Waals surface area contributed by atoms with Gasteiger partial charge in [-0.3, -0.25) is 4.72 Å². The number of thiophene rings is 1. The molecule has 0 saturated carbocycles. The van der Waals surface area contributed by atoms with Crippen molar-refractivity contribution in [2.75, 3.05) is 4.72 Å². The number of sulfonamides is 1. The Morgan fingerprint density at radius 1 is 1.37 bits per heavy atom. The van der Waals surface area contributed by atoms with Crippen molar-refractivity contribution in [3.8, 4) is 0 Å². The third-order valence-electron chi connectivity index (χ3n) is 2.32. The number of rotatable bonds is 4. The van der Waals surface area contributed by atoms with Crippen LogP contribution in [-0.2, 0) is 16.6 Å². The molecule has 0 aliphatic carbocycles. The van der Waals surface area contributed by atoms with Crippen LogP contribution < -0.4 is 10.5 Å². The minimum Gasteiger partial charge on any atom is -0.326 e. The summed E-state index contributed by atoms with van der Waals surface area (Å²) in [5.41, 5.74) is 5.38. The standard InChI is InChI=1S/C11H10BrFN2O2S2/c12-11-10(5-7(6-14)18-11)19(16,17)15-9-4-2-1-3-8(9)13/h1-5,15H,6,14H2. The smallest absolute Gasteiger partial charge is 0.263 e. The molecule has 0 aliphatic heterocycles. The molecule has 0 saturated heterocycles. The van der Waals surface area contributed by atoms with Crippen LogP contribution in [0.3, 0.4) is 0 Å². The molecule has 2 aromatic rings. The Morgan fingerprint density at radius 3 is 2.63 bits per heavy atom. The predicted octanol–water partition coefficient (Wildman–Crippen LogP) is 2.91. The summed E-state index contributed by atoms with van der Waals surface area (Å²) < 4.78 is 40.4. The molecule has 0 unspecified atom stereocenters. The average Bonchev–Trinajstić information content (AvgIpc) is 2.74. The first kappa shape index (κ1) is 14.4. The van der Waals surface area contributed by atoms with Gasteiger partial charge in [0.05, 0.1) is 9.47 Å². The molecular formula is C11H10BrFN2O2S2. The second-order valence-corrected chi connectivity index (χ2v) is 7.75. The SMILES string of the molecule is NCc1cc(S(=O)(=O)Nc2ccccc2F)c(Br)s1. The highest BCUT2D eigenvalue weighted by Gasteiger charge is 2.21. The molecule has 0 radical (unpaired) electrons. The molecule has 0 spiro atoms. The Kier molecular flexibility index (Phi) is 4.24. The van der Waals surface area contributed by atoms with E-state index in [1.54, 1.807) is 6.07 Å². The Bertz CT molecular complexity index is 700. The fourth-order valence-corrected chi connectivity index (χ4v) is 5.06. The van der Waals surface area contributed by atoms with Crippen LogP contribution in [0.25, 0.3) is 0 Å². The van der Waals surface area contributed by atoms with Gasteiger partial charge in [-0.1, -0.05) is 12.1 Å². The lowest BCUT2D eigenvalue weighted by Gasteiger charge is -2.07. The van der Waals surface area contributed by atoms with Crippen LogP contribution in [0.2, 0.25) is 0 Å². The normalized spacial score (nSPS) is 11.5. The lowest BCUT2D eigenvalue weighted by molar-refractivity contribution is 0.598. The van der Waals surface area contributed by atoms with Crippen LogP contribution in [0.4, 0.5) is 10.1 Å². The van der Waals surface area contributed by atoms with Gasteiger partial charge in [0.2, 0.25) is 0 Å². The number of hydrogen-bond donors (Lipinski definition) is 2. The Hall–Kier alpha value is -0.960. The first-order chi connectivity index (χ1) is 8.94. The van der Waals surface area contributed by atoms with E-state index >= 15 is 0 Å². The number of para-hydroxylation sites is 1. The fraction of sp³-hybridized carbons (Fsp3) is 0.0909. The quantitative estimate of drug-likeness (QED) is 0.875. The second-order valence-electron chi connectivity index (χ2n) is 3.64. The number of nitrogens with one attached hydrogen (secondary N) is 1. The van der Waals surface area contributed by atoms with Gasteiger partial charge >= 0.3 is 0 Å². The zero-order valence-corrected chi connectivity index (χ0v) is 12.8. The molecule has 3 N–H and O–H groups in total. The molecule has 2 rings (SSSR count). The number of anilines is 1. The van der Waals surface area contributed by atoms with E-state index in [2.05, 4.69) is 20.7 Å². The second kappa shape index (κ2) is 5.58. The van der Waals surface area contributed by atoms with Crippen LogP contribution in [-0.4, -0.2) is 8.42 Å². The molecule has 19 heavy (non-hydrogen) atoms. The Morgan fingerprint density at radius 2 is 2.05 bits per heavy atom. The highest BCUT2D eigenvalue weighted by molar-refractivity contribution is 9.11. The summed E-state index contributed by atoms with van der Waals surface area (Å²) in [6.07, 6.45) is 0. The lowest BCUT2D eigenvalue weighted by atomic mass is 10.3. The number of hydrogen-bond acceptors (Lipinski definition) is 4. The third-order valence-corrected chi connectivity index (χ3v) is 5.96. The first-order valence-electron chi connectivity index (χ1n) is 5.19. The number of nitrogens with two attached hydrogens (primary N) is 1. The van der Waals surface area contributed by atoms with E-state index in [9.17, 15) is 12.8 Å². The van der Waals surface area contributed by atoms with Gasteiger partial charge in [-0.05, 0) is 34.1 Å². The van der Waals surface area contributed by atoms with Gasteiger partial charge in [-0.15, -0.1) is 11.3 Å². The highest BCUT2D eigenvalue weighted by Crippen LogP contribution is 2.32. The van der Waals surface area contributed by atoms with E-state index in [0.29, 0.717) is 3.79 Å². The fourth-order valence-electron chi connectivity index (χ4n) is 1.43. The van der Waals surface area contributed by atoms with Crippen molar-refractivity contribution in [3.05, 3.63) is 44.8 Å². The van der Waals surface area contributed by atoms with Crippen molar-refractivity contribution in [1.29, 1.82) is 0 Å². The minimum atomic E-state index is -3.84. The van der Waals surface area contributed by atoms with E-state index in [-0.39, 0.29) is 17.1 Å². The predicted molar refractivity (Wildman–Crippen MR) is 77.1 cm³/mol. The van der Waals surface area contributed by atoms with Gasteiger partial charge in [-0.25, -0.2) is 12.8 Å². The molecule has 102 valence electrons. The van der Waals surface area contributed by atoms with Crippen molar-refractivity contribution in [3.63, 3.8) is 0 Å². The van der Waals surface area contributed by atoms with Gasteiger partial charge in [0.25, 0.3) is 10.0 Å². The zero-order valence-electron chi connectivity index (χ0n) is 9.56. The maximum absolute atomic E-state index is 13.5. The number of halogens is 2. The van der Waals surface area contributed by atoms with Gasteiger partial charge in [0.15, 0.2) is 0 Å². The molecule has 0 bridgehead atoms. The van der Waals surface area contributed by atoms with Gasteiger partial charge in [0, 0.05) is 11.4 Å². The highest BCUT2D eigenvalue weighted by atomic mass is 79.9. The summed E-state index contributed by atoms with van der Waals surface area (Å²) in [5, 5.41) is 0. The molecule has 0 fully saturated rings. The Labute approximate surface area is 122 Å². The molecule has 0 aliphatic rings. The minimum absolute atomic E-state index is 0.0567. The van der Waals surface area contributed by atoms with Crippen molar-refractivity contribution in [2.24, 2.45) is 5.73 Å². The van der Waals surface area contributed by atoms with Crippen molar-refractivity contribution in [2.45, 2.75) is 11.4 Å². The largest absolute Gasteiger partial charge is 0.326 e. The molecule has 0 amide bonds. The van der Waals surface area contributed by atoms with Gasteiger partial charge in [0.1, 0.15) is 10.7 Å². The summed E-state index contributed by atoms with van der Waals surface area (Å²) in [5.74, 6) is -0.628. The Balaban J connectivity index is 2.38. The van der Waals surface area contributed by atoms with Crippen LogP contribution in [0.5, 0.6) is 0 Å².